The number of halogens is 4. The smallest absolute Gasteiger partial charge is 0.254 e. The molecule has 0 atom stereocenters. The minimum atomic E-state index is -1.71. The highest BCUT2D eigenvalue weighted by Gasteiger charge is 2.33. The first kappa shape index (κ1) is 20.5. The van der Waals surface area contributed by atoms with Crippen molar-refractivity contribution in [2.75, 3.05) is 33.4 Å². The minimum absolute atomic E-state index is 0. The molecule has 0 radical (unpaired) electrons. The van der Waals surface area contributed by atoms with Gasteiger partial charge < -0.3 is 20.5 Å². The van der Waals surface area contributed by atoms with E-state index in [-0.39, 0.29) is 24.4 Å². The molecule has 0 aliphatic carbocycles. The van der Waals surface area contributed by atoms with Crippen molar-refractivity contribution in [3.05, 3.63) is 29.1 Å². The van der Waals surface area contributed by atoms with E-state index in [4.69, 9.17) is 4.74 Å². The molecule has 0 aromatic heterocycles. The fourth-order valence-corrected chi connectivity index (χ4v) is 2.75. The van der Waals surface area contributed by atoms with Crippen molar-refractivity contribution in [3.8, 4) is 5.75 Å². The molecule has 1 saturated heterocycles. The van der Waals surface area contributed by atoms with Crippen molar-refractivity contribution >= 4 is 18.3 Å². The van der Waals surface area contributed by atoms with Crippen molar-refractivity contribution in [3.63, 3.8) is 0 Å². The fraction of sp³-hybridized carbons (Fsp3) is 0.533. The molecule has 9 heteroatoms. The summed E-state index contributed by atoms with van der Waals surface area (Å²) in [6.45, 7) is 2.15. The van der Waals surface area contributed by atoms with Gasteiger partial charge in [-0.25, -0.2) is 8.78 Å². The van der Waals surface area contributed by atoms with Crippen molar-refractivity contribution in [2.24, 2.45) is 5.41 Å². The Bertz CT molecular complexity index is 590. The van der Waals surface area contributed by atoms with E-state index in [9.17, 15) is 23.1 Å². The lowest BCUT2D eigenvalue weighted by molar-refractivity contribution is 0.0510. The Kier molecular flexibility index (Phi) is 7.31. The highest BCUT2D eigenvalue weighted by Crippen LogP contribution is 2.29. The van der Waals surface area contributed by atoms with Crippen LogP contribution < -0.4 is 10.6 Å². The van der Waals surface area contributed by atoms with Gasteiger partial charge in [0.15, 0.2) is 17.4 Å². The van der Waals surface area contributed by atoms with E-state index >= 15 is 0 Å². The molecule has 1 aliphatic heterocycles. The van der Waals surface area contributed by atoms with E-state index in [0.29, 0.717) is 12.7 Å². The van der Waals surface area contributed by atoms with Crippen LogP contribution >= 0.6 is 12.4 Å². The maximum atomic E-state index is 13.7. The second kappa shape index (κ2) is 8.55. The maximum absolute atomic E-state index is 13.7. The Balaban J connectivity index is 0.00000288. The van der Waals surface area contributed by atoms with Gasteiger partial charge in [-0.1, -0.05) is 0 Å². The summed E-state index contributed by atoms with van der Waals surface area (Å²) in [4.78, 5) is 12.1. The third-order valence-corrected chi connectivity index (χ3v) is 4.12. The molecular weight excluding hydrogens is 349 g/mol. The lowest BCUT2D eigenvalue weighted by Gasteiger charge is -2.37. The average Bonchev–Trinajstić information content (AvgIpc) is 2.55. The van der Waals surface area contributed by atoms with E-state index in [2.05, 4.69) is 10.6 Å². The summed E-state index contributed by atoms with van der Waals surface area (Å²) >= 11 is 0. The lowest BCUT2D eigenvalue weighted by Crippen LogP contribution is -2.47. The summed E-state index contributed by atoms with van der Waals surface area (Å²) in [5.74, 6) is -7.09. The van der Waals surface area contributed by atoms with Crippen molar-refractivity contribution in [1.29, 1.82) is 0 Å². The van der Waals surface area contributed by atoms with Crippen LogP contribution in [-0.2, 0) is 4.74 Å². The van der Waals surface area contributed by atoms with Crippen LogP contribution in [0.3, 0.4) is 0 Å². The Morgan fingerprint density at radius 3 is 2.54 bits per heavy atom. The zero-order chi connectivity index (χ0) is 17.0. The van der Waals surface area contributed by atoms with Gasteiger partial charge in [0, 0.05) is 19.1 Å². The quantitative estimate of drug-likeness (QED) is 0.695. The van der Waals surface area contributed by atoms with Crippen molar-refractivity contribution in [1.82, 2.24) is 10.6 Å². The van der Waals surface area contributed by atoms with Gasteiger partial charge in [-0.2, -0.15) is 4.39 Å². The number of ether oxygens (including phenoxy) is 1. The van der Waals surface area contributed by atoms with Crippen LogP contribution in [0.15, 0.2) is 6.07 Å². The summed E-state index contributed by atoms with van der Waals surface area (Å²) in [5.41, 5.74) is -1.03. The van der Waals surface area contributed by atoms with Gasteiger partial charge in [-0.3, -0.25) is 4.79 Å². The second-order valence-corrected chi connectivity index (χ2v) is 5.75. The Hall–Kier alpha value is -1.51. The first-order valence-corrected chi connectivity index (χ1v) is 7.24. The number of benzene rings is 1. The molecule has 1 aliphatic rings. The summed E-state index contributed by atoms with van der Waals surface area (Å²) in [6, 6.07) is 0.436. The molecule has 1 amide bonds. The standard InChI is InChI=1S/C15H19F3N2O3.ClH/c1-23-8-15(2-4-19-5-3-15)7-20-14(22)9-6-10(16)12(18)13(21)11(9)17;/h6,19,21H,2-5,7-8H2,1H3,(H,20,22);1H. The summed E-state index contributed by atoms with van der Waals surface area (Å²) in [6.07, 6.45) is 1.51. The SMILES string of the molecule is COCC1(CNC(=O)c2cc(F)c(F)c(O)c2F)CCNCC1.Cl. The number of aromatic hydroxyl groups is 1. The van der Waals surface area contributed by atoms with Gasteiger partial charge in [-0.15, -0.1) is 12.4 Å². The van der Waals surface area contributed by atoms with Crippen LogP contribution in [0.25, 0.3) is 0 Å². The van der Waals surface area contributed by atoms with E-state index in [1.54, 1.807) is 7.11 Å². The number of amides is 1. The van der Waals surface area contributed by atoms with E-state index in [1.807, 2.05) is 0 Å². The molecule has 136 valence electrons. The summed E-state index contributed by atoms with van der Waals surface area (Å²) in [5, 5.41) is 14.9. The Morgan fingerprint density at radius 1 is 1.33 bits per heavy atom. The predicted octanol–water partition coefficient (Wildman–Crippen LogP) is 1.98. The second-order valence-electron chi connectivity index (χ2n) is 5.75. The van der Waals surface area contributed by atoms with E-state index in [1.165, 1.54) is 0 Å². The third-order valence-electron chi connectivity index (χ3n) is 4.12. The number of hydrogen-bond acceptors (Lipinski definition) is 4. The van der Waals surface area contributed by atoms with Crippen LogP contribution in [0.2, 0.25) is 0 Å². The molecule has 0 spiro atoms. The van der Waals surface area contributed by atoms with Crippen LogP contribution in [0, 0.1) is 22.9 Å². The molecule has 1 heterocycles. The highest BCUT2D eigenvalue weighted by molar-refractivity contribution is 5.95. The molecule has 5 nitrogen and oxygen atoms in total. The summed E-state index contributed by atoms with van der Waals surface area (Å²) < 4.78 is 45.3. The number of methoxy groups -OCH3 is 1. The zero-order valence-electron chi connectivity index (χ0n) is 13.1. The molecule has 1 aromatic rings. The molecule has 1 fully saturated rings. The molecule has 0 unspecified atom stereocenters. The molecule has 0 bridgehead atoms. The van der Waals surface area contributed by atoms with Crippen LogP contribution in [0.1, 0.15) is 23.2 Å². The number of hydrogen-bond donors (Lipinski definition) is 3. The normalized spacial score (nSPS) is 16.3. The lowest BCUT2D eigenvalue weighted by atomic mass is 9.79. The fourth-order valence-electron chi connectivity index (χ4n) is 2.75. The van der Waals surface area contributed by atoms with Crippen LogP contribution in [-0.4, -0.2) is 44.4 Å². The average molecular weight is 369 g/mol. The monoisotopic (exact) mass is 368 g/mol. The molecular formula is C15H20ClF3N2O3. The van der Waals surface area contributed by atoms with E-state index in [0.717, 1.165) is 25.9 Å². The number of nitrogens with one attached hydrogen (secondary N) is 2. The largest absolute Gasteiger partial charge is 0.503 e. The number of rotatable bonds is 5. The molecule has 0 saturated carbocycles. The van der Waals surface area contributed by atoms with Gasteiger partial charge in [0.1, 0.15) is 0 Å². The molecule has 3 N–H and O–H groups in total. The highest BCUT2D eigenvalue weighted by atomic mass is 35.5. The maximum Gasteiger partial charge on any atom is 0.254 e. The van der Waals surface area contributed by atoms with Crippen LogP contribution in [0.5, 0.6) is 5.75 Å². The number of carbonyl (C=O) groups is 1. The van der Waals surface area contributed by atoms with Gasteiger partial charge in [-0.05, 0) is 32.0 Å². The molecule has 24 heavy (non-hydrogen) atoms. The zero-order valence-corrected chi connectivity index (χ0v) is 13.9. The van der Waals surface area contributed by atoms with Crippen LogP contribution in [0.4, 0.5) is 13.2 Å². The Labute approximate surface area is 144 Å². The van der Waals surface area contributed by atoms with Crippen molar-refractivity contribution in [2.45, 2.75) is 12.8 Å². The number of piperidine rings is 1. The number of carbonyl (C=O) groups excluding carboxylic acids is 1. The molecule has 1 aromatic carbocycles. The minimum Gasteiger partial charge on any atom is -0.503 e. The molecule has 2 rings (SSSR count). The van der Waals surface area contributed by atoms with Crippen molar-refractivity contribution < 1.29 is 27.8 Å². The number of phenols is 1. The predicted molar refractivity (Wildman–Crippen MR) is 84.0 cm³/mol. The van der Waals surface area contributed by atoms with Gasteiger partial charge >= 0.3 is 0 Å². The third kappa shape index (κ3) is 4.31. The van der Waals surface area contributed by atoms with Gasteiger partial charge in [0.2, 0.25) is 5.82 Å². The van der Waals surface area contributed by atoms with E-state index < -0.39 is 34.7 Å². The summed E-state index contributed by atoms with van der Waals surface area (Å²) in [7, 11) is 1.55. The van der Waals surface area contributed by atoms with Gasteiger partial charge in [0.25, 0.3) is 5.91 Å². The number of phenolic OH excluding ortho intramolecular Hbond substituents is 1. The van der Waals surface area contributed by atoms with Gasteiger partial charge in [0.05, 0.1) is 12.2 Å². The topological polar surface area (TPSA) is 70.6 Å². The first-order valence-electron chi connectivity index (χ1n) is 7.24. The Morgan fingerprint density at radius 2 is 1.96 bits per heavy atom. The first-order chi connectivity index (χ1) is 10.9.